The Balaban J connectivity index is 1.71. The van der Waals surface area contributed by atoms with Crippen molar-refractivity contribution in [3.05, 3.63) is 64.7 Å². The molecule has 128 valence electrons. The van der Waals surface area contributed by atoms with Gasteiger partial charge in [-0.2, -0.15) is 4.98 Å². The molecule has 0 saturated heterocycles. The van der Waals surface area contributed by atoms with Crippen molar-refractivity contribution < 1.29 is 9.32 Å². The molecule has 0 fully saturated rings. The highest BCUT2D eigenvalue weighted by Gasteiger charge is 2.13. The lowest BCUT2D eigenvalue weighted by Gasteiger charge is -2.13. The van der Waals surface area contributed by atoms with E-state index in [1.54, 1.807) is 31.3 Å². The van der Waals surface area contributed by atoms with Crippen LogP contribution in [0.25, 0.3) is 11.4 Å². The van der Waals surface area contributed by atoms with Gasteiger partial charge in [0.25, 0.3) is 5.91 Å². The van der Waals surface area contributed by atoms with Gasteiger partial charge in [-0.15, -0.1) is 0 Å². The molecule has 3 aromatic rings. The average molecular weight is 357 g/mol. The Bertz CT molecular complexity index is 877. The molecule has 1 N–H and O–H groups in total. The number of carbonyl (C=O) groups excluding carboxylic acids is 1. The van der Waals surface area contributed by atoms with E-state index in [4.69, 9.17) is 16.1 Å². The van der Waals surface area contributed by atoms with Crippen LogP contribution in [0.4, 0.5) is 6.01 Å². The first-order valence-corrected chi connectivity index (χ1v) is 8.06. The van der Waals surface area contributed by atoms with Crippen LogP contribution >= 0.6 is 11.6 Å². The van der Waals surface area contributed by atoms with Gasteiger partial charge in [0.05, 0.1) is 0 Å². The van der Waals surface area contributed by atoms with Crippen LogP contribution in [-0.4, -0.2) is 30.1 Å². The fourth-order valence-corrected chi connectivity index (χ4v) is 2.55. The predicted octanol–water partition coefficient (Wildman–Crippen LogP) is 3.39. The van der Waals surface area contributed by atoms with Crippen LogP contribution in [0.3, 0.4) is 0 Å². The maximum Gasteiger partial charge on any atom is 0.324 e. The second-order valence-corrected chi connectivity index (χ2v) is 5.98. The summed E-state index contributed by atoms with van der Waals surface area (Å²) in [6, 6.07) is 15.1. The van der Waals surface area contributed by atoms with Crippen molar-refractivity contribution >= 4 is 23.5 Å². The van der Waals surface area contributed by atoms with Gasteiger partial charge in [0.15, 0.2) is 0 Å². The maximum absolute atomic E-state index is 11.6. The molecular formula is C18H17ClN4O2. The predicted molar refractivity (Wildman–Crippen MR) is 96.7 cm³/mol. The van der Waals surface area contributed by atoms with Gasteiger partial charge in [0.2, 0.25) is 5.82 Å². The summed E-state index contributed by atoms with van der Waals surface area (Å²) in [6.45, 7) is 0.575. The zero-order valence-corrected chi connectivity index (χ0v) is 14.6. The molecule has 0 unspecified atom stereocenters. The van der Waals surface area contributed by atoms with Crippen LogP contribution in [-0.2, 0) is 6.54 Å². The first-order chi connectivity index (χ1) is 12.1. The number of halogens is 1. The second-order valence-electron chi connectivity index (χ2n) is 5.54. The molecule has 7 heteroatoms. The summed E-state index contributed by atoms with van der Waals surface area (Å²) >= 11 is 5.99. The van der Waals surface area contributed by atoms with Crippen LogP contribution in [0.1, 0.15) is 15.9 Å². The number of hydrogen-bond donors (Lipinski definition) is 1. The molecule has 25 heavy (non-hydrogen) atoms. The Kier molecular flexibility index (Phi) is 5.00. The average Bonchev–Trinajstić information content (AvgIpc) is 3.12. The van der Waals surface area contributed by atoms with Crippen molar-refractivity contribution in [2.75, 3.05) is 19.0 Å². The van der Waals surface area contributed by atoms with Gasteiger partial charge >= 0.3 is 6.01 Å². The number of amides is 1. The van der Waals surface area contributed by atoms with Crippen molar-refractivity contribution in [3.8, 4) is 11.4 Å². The van der Waals surface area contributed by atoms with Crippen LogP contribution in [0.2, 0.25) is 5.02 Å². The van der Waals surface area contributed by atoms with Gasteiger partial charge < -0.3 is 14.7 Å². The molecule has 1 aromatic heterocycles. The lowest BCUT2D eigenvalue weighted by molar-refractivity contribution is 0.0963. The molecule has 1 amide bonds. The summed E-state index contributed by atoms with van der Waals surface area (Å²) in [4.78, 5) is 17.8. The first kappa shape index (κ1) is 17.0. The van der Waals surface area contributed by atoms with Crippen LogP contribution < -0.4 is 10.2 Å². The van der Waals surface area contributed by atoms with Crippen LogP contribution in [0.5, 0.6) is 0 Å². The monoisotopic (exact) mass is 356 g/mol. The van der Waals surface area contributed by atoms with Gasteiger partial charge in [-0.05, 0) is 29.8 Å². The summed E-state index contributed by atoms with van der Waals surface area (Å²) in [5, 5.41) is 7.22. The molecule has 0 aliphatic carbocycles. The normalized spacial score (nSPS) is 10.5. The molecule has 6 nitrogen and oxygen atoms in total. The summed E-state index contributed by atoms with van der Waals surface area (Å²) in [6.07, 6.45) is 0. The molecule has 1 heterocycles. The van der Waals surface area contributed by atoms with Crippen molar-refractivity contribution in [2.45, 2.75) is 6.54 Å². The molecule has 0 aliphatic rings. The SMILES string of the molecule is CNC(=O)c1ccc(CN(C)c2nc(-c3cccc(Cl)c3)no2)cc1. The minimum absolute atomic E-state index is 0.108. The zero-order chi connectivity index (χ0) is 17.8. The number of carbonyl (C=O) groups is 1. The van der Waals surface area contributed by atoms with E-state index in [9.17, 15) is 4.79 Å². The number of benzene rings is 2. The Morgan fingerprint density at radius 1 is 1.24 bits per heavy atom. The number of nitrogens with one attached hydrogen (secondary N) is 1. The van der Waals surface area contributed by atoms with Crippen molar-refractivity contribution in [2.24, 2.45) is 0 Å². The fraction of sp³-hybridized carbons (Fsp3) is 0.167. The number of hydrogen-bond acceptors (Lipinski definition) is 5. The first-order valence-electron chi connectivity index (χ1n) is 7.68. The number of rotatable bonds is 5. The molecule has 0 spiro atoms. The highest BCUT2D eigenvalue weighted by Crippen LogP contribution is 2.23. The minimum Gasteiger partial charge on any atom is -0.355 e. The Hall–Kier alpha value is -2.86. The smallest absolute Gasteiger partial charge is 0.324 e. The molecule has 0 bridgehead atoms. The molecule has 0 atom stereocenters. The molecular weight excluding hydrogens is 340 g/mol. The lowest BCUT2D eigenvalue weighted by Crippen LogP contribution is -2.19. The third kappa shape index (κ3) is 3.97. The minimum atomic E-state index is -0.108. The highest BCUT2D eigenvalue weighted by molar-refractivity contribution is 6.30. The standard InChI is InChI=1S/C18H17ClN4O2/c1-20-17(24)13-8-6-12(7-9-13)11-23(2)18-21-16(22-25-18)14-4-3-5-15(19)10-14/h3-10H,11H2,1-2H3,(H,20,24). The zero-order valence-electron chi connectivity index (χ0n) is 13.9. The van der Waals surface area contributed by atoms with Crippen molar-refractivity contribution in [3.63, 3.8) is 0 Å². The summed E-state index contributed by atoms with van der Waals surface area (Å²) in [7, 11) is 3.47. The molecule has 2 aromatic carbocycles. The number of nitrogens with zero attached hydrogens (tertiary/aromatic N) is 3. The quantitative estimate of drug-likeness (QED) is 0.758. The van der Waals surface area contributed by atoms with E-state index in [-0.39, 0.29) is 5.91 Å². The van der Waals surface area contributed by atoms with E-state index < -0.39 is 0 Å². The van der Waals surface area contributed by atoms with Gasteiger partial charge in [0.1, 0.15) is 0 Å². The topological polar surface area (TPSA) is 71.3 Å². The largest absolute Gasteiger partial charge is 0.355 e. The number of anilines is 1. The number of aromatic nitrogens is 2. The van der Waals surface area contributed by atoms with E-state index in [2.05, 4.69) is 15.5 Å². The van der Waals surface area contributed by atoms with E-state index in [1.165, 1.54) is 0 Å². The Morgan fingerprint density at radius 3 is 2.68 bits per heavy atom. The third-order valence-electron chi connectivity index (χ3n) is 3.69. The molecule has 0 radical (unpaired) electrons. The van der Waals surface area contributed by atoms with Crippen molar-refractivity contribution in [1.82, 2.24) is 15.5 Å². The summed E-state index contributed by atoms with van der Waals surface area (Å²) in [5.74, 6) is 0.377. The Morgan fingerprint density at radius 2 is 2.00 bits per heavy atom. The van der Waals surface area contributed by atoms with Crippen LogP contribution in [0, 0.1) is 0 Å². The van der Waals surface area contributed by atoms with E-state index in [0.29, 0.717) is 29.0 Å². The molecule has 3 rings (SSSR count). The van der Waals surface area contributed by atoms with E-state index >= 15 is 0 Å². The summed E-state index contributed by atoms with van der Waals surface area (Å²) in [5.41, 5.74) is 2.44. The second kappa shape index (κ2) is 7.36. The van der Waals surface area contributed by atoms with Gasteiger partial charge in [-0.25, -0.2) is 0 Å². The Labute approximate surface area is 150 Å². The van der Waals surface area contributed by atoms with Gasteiger partial charge in [-0.3, -0.25) is 4.79 Å². The van der Waals surface area contributed by atoms with Crippen LogP contribution in [0.15, 0.2) is 53.1 Å². The fourth-order valence-electron chi connectivity index (χ4n) is 2.36. The maximum atomic E-state index is 11.6. The van der Waals surface area contributed by atoms with Crippen molar-refractivity contribution in [1.29, 1.82) is 0 Å². The lowest BCUT2D eigenvalue weighted by atomic mass is 10.1. The third-order valence-corrected chi connectivity index (χ3v) is 3.92. The van der Waals surface area contributed by atoms with Gasteiger partial charge in [-0.1, -0.05) is 41.0 Å². The summed E-state index contributed by atoms with van der Waals surface area (Å²) < 4.78 is 5.33. The molecule has 0 aliphatic heterocycles. The van der Waals surface area contributed by atoms with Gasteiger partial charge in [0, 0.05) is 36.8 Å². The van der Waals surface area contributed by atoms with E-state index in [1.807, 2.05) is 36.2 Å². The van der Waals surface area contributed by atoms with E-state index in [0.717, 1.165) is 11.1 Å². The molecule has 0 saturated carbocycles. The highest BCUT2D eigenvalue weighted by atomic mass is 35.5.